The Hall–Kier alpha value is -1.24. The number of hydrogen-bond donors (Lipinski definition) is 2. The van der Waals surface area contributed by atoms with E-state index in [1.54, 1.807) is 32.9 Å². The molecule has 0 fully saturated rings. The van der Waals surface area contributed by atoms with Gasteiger partial charge in [0.25, 0.3) is 0 Å². The average Bonchev–Trinajstić information content (AvgIpc) is 2.79. The number of thiophene rings is 1. The minimum Gasteiger partial charge on any atom is -0.444 e. The van der Waals surface area contributed by atoms with Gasteiger partial charge in [-0.25, -0.2) is 4.79 Å². The van der Waals surface area contributed by atoms with Crippen LogP contribution in [0.5, 0.6) is 0 Å². The number of carbonyl (C=O) groups excluding carboxylic acids is 2. The van der Waals surface area contributed by atoms with Gasteiger partial charge in [0, 0.05) is 19.5 Å². The van der Waals surface area contributed by atoms with Crippen LogP contribution >= 0.6 is 34.5 Å². The van der Waals surface area contributed by atoms with E-state index in [2.05, 4.69) is 10.6 Å². The molecular formula is C17H24Cl2N2O3S. The maximum atomic E-state index is 11.7. The number of alkyl carbamates (subject to hydrolysis) is 1. The minimum absolute atomic E-state index is 0.0257. The summed E-state index contributed by atoms with van der Waals surface area (Å²) >= 11 is 13.3. The van der Waals surface area contributed by atoms with Crippen LogP contribution in [-0.4, -0.2) is 30.7 Å². The second-order valence-corrected chi connectivity index (χ2v) is 8.65. The van der Waals surface area contributed by atoms with Crippen molar-refractivity contribution in [2.45, 2.75) is 45.6 Å². The molecule has 0 saturated carbocycles. The number of nitrogens with one attached hydrogen (secondary N) is 2. The van der Waals surface area contributed by atoms with E-state index in [1.165, 1.54) is 11.3 Å². The monoisotopic (exact) mass is 406 g/mol. The fourth-order valence-corrected chi connectivity index (χ4v) is 3.41. The Morgan fingerprint density at radius 1 is 1.20 bits per heavy atom. The van der Waals surface area contributed by atoms with Crippen molar-refractivity contribution in [2.24, 2.45) is 0 Å². The van der Waals surface area contributed by atoms with Crippen LogP contribution in [-0.2, 0) is 16.0 Å². The molecule has 0 spiro atoms. The predicted octanol–water partition coefficient (Wildman–Crippen LogP) is 4.57. The van der Waals surface area contributed by atoms with Crippen LogP contribution in [0.25, 0.3) is 0 Å². The Morgan fingerprint density at radius 2 is 1.84 bits per heavy atom. The summed E-state index contributed by atoms with van der Waals surface area (Å²) in [6, 6.07) is 1.84. The van der Waals surface area contributed by atoms with Crippen LogP contribution < -0.4 is 10.6 Å². The molecule has 0 radical (unpaired) electrons. The molecule has 0 aliphatic carbocycles. The van der Waals surface area contributed by atoms with Gasteiger partial charge in [-0.05, 0) is 45.2 Å². The van der Waals surface area contributed by atoms with E-state index in [1.807, 2.05) is 6.07 Å². The van der Waals surface area contributed by atoms with E-state index in [9.17, 15) is 9.59 Å². The molecule has 140 valence electrons. The fraction of sp³-hybridized carbons (Fsp3) is 0.529. The van der Waals surface area contributed by atoms with Crippen molar-refractivity contribution in [2.75, 3.05) is 13.1 Å². The molecule has 1 rings (SSSR count). The molecule has 5 nitrogen and oxygen atoms in total. The third-order valence-corrected chi connectivity index (χ3v) is 4.49. The van der Waals surface area contributed by atoms with Crippen molar-refractivity contribution in [1.82, 2.24) is 10.6 Å². The Labute approximate surface area is 162 Å². The van der Waals surface area contributed by atoms with Crippen LogP contribution in [0.15, 0.2) is 18.2 Å². The first-order valence-electron chi connectivity index (χ1n) is 7.99. The number of hydrogen-bond acceptors (Lipinski definition) is 4. The number of carbonyl (C=O) groups is 2. The van der Waals surface area contributed by atoms with Gasteiger partial charge in [-0.1, -0.05) is 35.4 Å². The lowest BCUT2D eigenvalue weighted by Crippen LogP contribution is -2.32. The normalized spacial score (nSPS) is 11.6. The van der Waals surface area contributed by atoms with E-state index >= 15 is 0 Å². The number of halogens is 2. The Kier molecular flexibility index (Phi) is 9.32. The Morgan fingerprint density at radius 3 is 2.40 bits per heavy atom. The molecule has 0 aliphatic heterocycles. The summed E-state index contributed by atoms with van der Waals surface area (Å²) in [5.41, 5.74) is 0.470. The zero-order chi connectivity index (χ0) is 18.9. The van der Waals surface area contributed by atoms with Gasteiger partial charge in [-0.15, -0.1) is 11.3 Å². The Bertz CT molecular complexity index is 610. The zero-order valence-electron chi connectivity index (χ0n) is 14.7. The quantitative estimate of drug-likeness (QED) is 0.620. The molecule has 1 heterocycles. The molecule has 2 N–H and O–H groups in total. The third-order valence-electron chi connectivity index (χ3n) is 2.92. The summed E-state index contributed by atoms with van der Waals surface area (Å²) < 4.78 is 6.45. The average molecular weight is 407 g/mol. The lowest BCUT2D eigenvalue weighted by atomic mass is 10.1. The molecule has 0 aliphatic rings. The first kappa shape index (κ1) is 21.8. The number of rotatable bonds is 8. The van der Waals surface area contributed by atoms with Crippen LogP contribution in [0.1, 0.15) is 39.2 Å². The van der Waals surface area contributed by atoms with E-state index < -0.39 is 11.7 Å². The van der Waals surface area contributed by atoms with Crippen molar-refractivity contribution in [3.8, 4) is 0 Å². The van der Waals surface area contributed by atoms with Crippen LogP contribution in [0, 0.1) is 0 Å². The maximum Gasteiger partial charge on any atom is 0.407 e. The SMILES string of the molecule is CC(C)(C)OC(=O)NCC=CCNC(=O)CCCc1cc(Cl)sc1Cl. The number of aryl methyl sites for hydroxylation is 1. The highest BCUT2D eigenvalue weighted by Crippen LogP contribution is 2.31. The summed E-state index contributed by atoms with van der Waals surface area (Å²) in [4.78, 5) is 23.1. The van der Waals surface area contributed by atoms with Gasteiger partial charge in [0.1, 0.15) is 5.60 Å². The zero-order valence-corrected chi connectivity index (χ0v) is 17.0. The van der Waals surface area contributed by atoms with Crippen molar-refractivity contribution in [1.29, 1.82) is 0 Å². The largest absolute Gasteiger partial charge is 0.444 e. The third kappa shape index (κ3) is 10.4. The van der Waals surface area contributed by atoms with Gasteiger partial charge in [0.05, 0.1) is 8.67 Å². The van der Waals surface area contributed by atoms with Crippen LogP contribution in [0.3, 0.4) is 0 Å². The highest BCUT2D eigenvalue weighted by molar-refractivity contribution is 7.20. The topological polar surface area (TPSA) is 67.4 Å². The van der Waals surface area contributed by atoms with Gasteiger partial charge in [-0.2, -0.15) is 0 Å². The lowest BCUT2D eigenvalue weighted by Gasteiger charge is -2.19. The van der Waals surface area contributed by atoms with Gasteiger partial charge >= 0.3 is 6.09 Å². The molecule has 2 amide bonds. The molecule has 1 aromatic rings. The molecule has 0 unspecified atom stereocenters. The number of amides is 2. The molecule has 1 aromatic heterocycles. The predicted molar refractivity (Wildman–Crippen MR) is 104 cm³/mol. The van der Waals surface area contributed by atoms with Crippen LogP contribution in [0.2, 0.25) is 8.67 Å². The summed E-state index contributed by atoms with van der Waals surface area (Å²) in [6.45, 7) is 6.18. The Balaban J connectivity index is 2.10. The fourth-order valence-electron chi connectivity index (χ4n) is 1.87. The van der Waals surface area contributed by atoms with Gasteiger partial charge in [0.15, 0.2) is 0 Å². The molecule has 8 heteroatoms. The first-order valence-corrected chi connectivity index (χ1v) is 9.57. The lowest BCUT2D eigenvalue weighted by molar-refractivity contribution is -0.120. The molecule has 0 atom stereocenters. The smallest absolute Gasteiger partial charge is 0.407 e. The minimum atomic E-state index is -0.514. The first-order chi connectivity index (χ1) is 11.7. The molecule has 25 heavy (non-hydrogen) atoms. The second-order valence-electron chi connectivity index (χ2n) is 6.36. The van der Waals surface area contributed by atoms with E-state index in [0.29, 0.717) is 34.6 Å². The number of ether oxygens (including phenoxy) is 1. The van der Waals surface area contributed by atoms with Gasteiger partial charge < -0.3 is 15.4 Å². The molecular weight excluding hydrogens is 383 g/mol. The highest BCUT2D eigenvalue weighted by Gasteiger charge is 2.14. The standard InChI is InChI=1S/C17H24Cl2N2O3S/c1-17(2,3)24-16(23)21-10-5-4-9-20-14(22)8-6-7-12-11-13(18)25-15(12)19/h4-5,11H,6-10H2,1-3H3,(H,20,22)(H,21,23). The molecule has 0 saturated heterocycles. The van der Waals surface area contributed by atoms with Gasteiger partial charge in [-0.3, -0.25) is 4.79 Å². The van der Waals surface area contributed by atoms with Crippen molar-refractivity contribution in [3.05, 3.63) is 32.5 Å². The van der Waals surface area contributed by atoms with Crippen molar-refractivity contribution < 1.29 is 14.3 Å². The van der Waals surface area contributed by atoms with E-state index in [-0.39, 0.29) is 5.91 Å². The summed E-state index contributed by atoms with van der Waals surface area (Å²) in [7, 11) is 0. The van der Waals surface area contributed by atoms with Crippen molar-refractivity contribution in [3.63, 3.8) is 0 Å². The highest BCUT2D eigenvalue weighted by atomic mass is 35.5. The van der Waals surface area contributed by atoms with E-state index in [0.717, 1.165) is 12.0 Å². The van der Waals surface area contributed by atoms with Crippen LogP contribution in [0.4, 0.5) is 4.79 Å². The summed E-state index contributed by atoms with van der Waals surface area (Å²) in [5.74, 6) is -0.0257. The van der Waals surface area contributed by atoms with Gasteiger partial charge in [0.2, 0.25) is 5.91 Å². The second kappa shape index (κ2) is 10.7. The maximum absolute atomic E-state index is 11.7. The summed E-state index contributed by atoms with van der Waals surface area (Å²) in [6.07, 6.45) is 4.94. The molecule has 0 aromatic carbocycles. The van der Waals surface area contributed by atoms with E-state index in [4.69, 9.17) is 27.9 Å². The molecule has 0 bridgehead atoms. The summed E-state index contributed by atoms with van der Waals surface area (Å²) in [5, 5.41) is 5.39. The van der Waals surface area contributed by atoms with Crippen molar-refractivity contribution >= 4 is 46.5 Å².